The summed E-state index contributed by atoms with van der Waals surface area (Å²) in [4.78, 5) is 28.1. The molecular formula is C19H16F2N4O2. The molecule has 0 spiro atoms. The van der Waals surface area contributed by atoms with Gasteiger partial charge in [0.05, 0.1) is 12.5 Å². The van der Waals surface area contributed by atoms with Crippen molar-refractivity contribution in [2.75, 3.05) is 0 Å². The van der Waals surface area contributed by atoms with Crippen molar-refractivity contribution < 1.29 is 18.4 Å². The number of rotatable bonds is 5. The molecule has 0 radical (unpaired) electrons. The van der Waals surface area contributed by atoms with Crippen LogP contribution in [0.15, 0.2) is 61.1 Å². The summed E-state index contributed by atoms with van der Waals surface area (Å²) in [7, 11) is 0. The zero-order chi connectivity index (χ0) is 19.2. The molecule has 27 heavy (non-hydrogen) atoms. The Bertz CT molecular complexity index is 954. The molecule has 2 N–H and O–H groups in total. The van der Waals surface area contributed by atoms with Gasteiger partial charge in [0, 0.05) is 12.1 Å². The van der Waals surface area contributed by atoms with Crippen molar-refractivity contribution in [1.29, 1.82) is 0 Å². The van der Waals surface area contributed by atoms with Crippen LogP contribution in [0.4, 0.5) is 8.78 Å². The molecule has 138 valence electrons. The van der Waals surface area contributed by atoms with Gasteiger partial charge in [0.2, 0.25) is 5.91 Å². The van der Waals surface area contributed by atoms with E-state index in [0.717, 1.165) is 0 Å². The fraction of sp³-hybridized carbons (Fsp3) is 0.105. The van der Waals surface area contributed by atoms with Crippen LogP contribution in [0.3, 0.4) is 0 Å². The first-order valence-electron chi connectivity index (χ1n) is 8.15. The van der Waals surface area contributed by atoms with E-state index in [1.807, 2.05) is 0 Å². The lowest BCUT2D eigenvalue weighted by molar-refractivity contribution is -0.121. The number of nitrogens with one attached hydrogen (secondary N) is 2. The summed E-state index contributed by atoms with van der Waals surface area (Å²) in [6, 6.07) is 11.7. The Morgan fingerprint density at radius 1 is 1.00 bits per heavy atom. The predicted octanol–water partition coefficient (Wildman–Crippen LogP) is 2.54. The second-order valence-electron chi connectivity index (χ2n) is 5.72. The number of nitrogens with zero attached hydrogens (tertiary/aromatic N) is 2. The van der Waals surface area contributed by atoms with Gasteiger partial charge >= 0.3 is 0 Å². The summed E-state index contributed by atoms with van der Waals surface area (Å²) in [5.74, 6) is -1.82. The molecule has 0 unspecified atom stereocenters. The van der Waals surface area contributed by atoms with Gasteiger partial charge in [-0.3, -0.25) is 25.0 Å². The normalized spacial score (nSPS) is 10.4. The summed E-state index contributed by atoms with van der Waals surface area (Å²) < 4.78 is 28.0. The molecule has 0 fully saturated rings. The number of aryl methyl sites for hydroxylation is 1. The van der Waals surface area contributed by atoms with Gasteiger partial charge in [0.15, 0.2) is 0 Å². The Balaban J connectivity index is 1.57. The Morgan fingerprint density at radius 3 is 2.48 bits per heavy atom. The lowest BCUT2D eigenvalue weighted by atomic mass is 10.1. The van der Waals surface area contributed by atoms with Gasteiger partial charge in [-0.25, -0.2) is 13.8 Å². The number of hydrazine groups is 1. The molecule has 8 heteroatoms. The van der Waals surface area contributed by atoms with Gasteiger partial charge < -0.3 is 0 Å². The van der Waals surface area contributed by atoms with Gasteiger partial charge in [-0.05, 0) is 42.3 Å². The molecule has 6 nitrogen and oxygen atoms in total. The molecule has 1 aromatic heterocycles. The molecule has 2 aromatic carbocycles. The van der Waals surface area contributed by atoms with Gasteiger partial charge in [0.1, 0.15) is 17.3 Å². The molecule has 2 amide bonds. The van der Waals surface area contributed by atoms with Crippen LogP contribution in [0.25, 0.3) is 5.69 Å². The Hall–Kier alpha value is -3.55. The quantitative estimate of drug-likeness (QED) is 0.678. The zero-order valence-electron chi connectivity index (χ0n) is 14.2. The number of halogens is 2. The third kappa shape index (κ3) is 4.55. The first-order valence-corrected chi connectivity index (χ1v) is 8.15. The number of hydrogen-bond acceptors (Lipinski definition) is 3. The number of benzene rings is 2. The van der Waals surface area contributed by atoms with E-state index in [2.05, 4.69) is 15.8 Å². The summed E-state index contributed by atoms with van der Waals surface area (Å²) in [6.45, 7) is 0. The highest BCUT2D eigenvalue weighted by Crippen LogP contribution is 2.12. The minimum atomic E-state index is -0.587. The lowest BCUT2D eigenvalue weighted by Gasteiger charge is -2.10. The fourth-order valence-electron chi connectivity index (χ4n) is 2.47. The Morgan fingerprint density at radius 2 is 1.74 bits per heavy atom. The smallest absolute Gasteiger partial charge is 0.288 e. The molecule has 3 rings (SSSR count). The maximum absolute atomic E-state index is 13.5. The van der Waals surface area contributed by atoms with E-state index in [-0.39, 0.29) is 24.4 Å². The van der Waals surface area contributed by atoms with E-state index in [1.54, 1.807) is 18.2 Å². The van der Waals surface area contributed by atoms with E-state index in [4.69, 9.17) is 0 Å². The van der Waals surface area contributed by atoms with Crippen LogP contribution in [-0.2, 0) is 11.2 Å². The van der Waals surface area contributed by atoms with Crippen molar-refractivity contribution in [3.63, 3.8) is 0 Å². The molecular weight excluding hydrogens is 354 g/mol. The fourth-order valence-corrected chi connectivity index (χ4v) is 2.47. The number of aromatic nitrogens is 2. The number of amides is 2. The second kappa shape index (κ2) is 8.22. The molecule has 0 saturated heterocycles. The Labute approximate surface area is 153 Å². The van der Waals surface area contributed by atoms with E-state index in [0.29, 0.717) is 11.3 Å². The predicted molar refractivity (Wildman–Crippen MR) is 93.9 cm³/mol. The van der Waals surface area contributed by atoms with Crippen LogP contribution in [0.1, 0.15) is 22.5 Å². The van der Waals surface area contributed by atoms with Crippen molar-refractivity contribution in [1.82, 2.24) is 20.4 Å². The average molecular weight is 370 g/mol. The van der Waals surface area contributed by atoms with Gasteiger partial charge in [-0.15, -0.1) is 0 Å². The van der Waals surface area contributed by atoms with Crippen molar-refractivity contribution in [2.24, 2.45) is 0 Å². The molecule has 0 bridgehead atoms. The van der Waals surface area contributed by atoms with Crippen molar-refractivity contribution in [3.05, 3.63) is 83.9 Å². The van der Waals surface area contributed by atoms with Crippen molar-refractivity contribution >= 4 is 11.8 Å². The van der Waals surface area contributed by atoms with E-state index >= 15 is 0 Å². The molecule has 0 aliphatic heterocycles. The highest BCUT2D eigenvalue weighted by Gasteiger charge is 2.14. The lowest BCUT2D eigenvalue weighted by Crippen LogP contribution is -2.42. The van der Waals surface area contributed by atoms with Crippen molar-refractivity contribution in [3.8, 4) is 5.69 Å². The first-order chi connectivity index (χ1) is 13.0. The number of imidazole rings is 1. The van der Waals surface area contributed by atoms with E-state index in [1.165, 1.54) is 47.4 Å². The molecule has 0 saturated carbocycles. The topological polar surface area (TPSA) is 76.0 Å². The summed E-state index contributed by atoms with van der Waals surface area (Å²) in [6.07, 6.45) is 2.95. The zero-order valence-corrected chi connectivity index (χ0v) is 14.2. The average Bonchev–Trinajstić information content (AvgIpc) is 3.16. The van der Waals surface area contributed by atoms with Gasteiger partial charge in [-0.2, -0.15) is 0 Å². The molecule has 1 heterocycles. The molecule has 3 aromatic rings. The van der Waals surface area contributed by atoms with Crippen LogP contribution in [0.5, 0.6) is 0 Å². The van der Waals surface area contributed by atoms with Crippen LogP contribution < -0.4 is 10.9 Å². The highest BCUT2D eigenvalue weighted by molar-refractivity contribution is 5.94. The van der Waals surface area contributed by atoms with Crippen LogP contribution in [0.2, 0.25) is 0 Å². The molecule has 0 aliphatic carbocycles. The van der Waals surface area contributed by atoms with Crippen LogP contribution in [0, 0.1) is 11.6 Å². The largest absolute Gasteiger partial charge is 0.295 e. The summed E-state index contributed by atoms with van der Waals surface area (Å²) >= 11 is 0. The van der Waals surface area contributed by atoms with E-state index in [9.17, 15) is 18.4 Å². The minimum absolute atomic E-state index is 0.0123. The standard InChI is InChI=1S/C19H16F2N4O2/c20-14-6-8-15(9-7-14)25-12-22-11-17(25)19(27)24-23-18(26)10-5-13-3-1-2-4-16(13)21/h1-4,6-9,11-12H,5,10H2,(H,23,26)(H,24,27). The van der Waals surface area contributed by atoms with Crippen LogP contribution >= 0.6 is 0 Å². The third-order valence-electron chi connectivity index (χ3n) is 3.87. The SMILES string of the molecule is O=C(CCc1ccccc1F)NNC(=O)c1cncn1-c1ccc(F)cc1. The minimum Gasteiger partial charge on any atom is -0.295 e. The van der Waals surface area contributed by atoms with E-state index < -0.39 is 17.6 Å². The first kappa shape index (κ1) is 18.2. The second-order valence-corrected chi connectivity index (χ2v) is 5.72. The third-order valence-corrected chi connectivity index (χ3v) is 3.87. The highest BCUT2D eigenvalue weighted by atomic mass is 19.1. The molecule has 0 atom stereocenters. The number of carbonyl (C=O) groups is 2. The maximum atomic E-state index is 13.5. The monoisotopic (exact) mass is 370 g/mol. The van der Waals surface area contributed by atoms with Gasteiger partial charge in [-0.1, -0.05) is 18.2 Å². The Kier molecular flexibility index (Phi) is 5.55. The number of carbonyl (C=O) groups excluding carboxylic acids is 2. The summed E-state index contributed by atoms with van der Waals surface area (Å²) in [5.41, 5.74) is 5.71. The maximum Gasteiger partial charge on any atom is 0.288 e. The number of hydrogen-bond donors (Lipinski definition) is 2. The molecule has 0 aliphatic rings. The van der Waals surface area contributed by atoms with Crippen molar-refractivity contribution in [2.45, 2.75) is 12.8 Å². The van der Waals surface area contributed by atoms with Gasteiger partial charge in [0.25, 0.3) is 5.91 Å². The van der Waals surface area contributed by atoms with Crippen LogP contribution in [-0.4, -0.2) is 21.4 Å². The summed E-state index contributed by atoms with van der Waals surface area (Å²) in [5, 5.41) is 0.